The average Bonchev–Trinajstić information content (AvgIpc) is 3.12. The zero-order chi connectivity index (χ0) is 19.6. The monoisotopic (exact) mass is 370 g/mol. The summed E-state index contributed by atoms with van der Waals surface area (Å²) in [6.45, 7) is -0.184. The zero-order valence-corrected chi connectivity index (χ0v) is 15.2. The molecule has 7 heteroatoms. The van der Waals surface area contributed by atoms with Gasteiger partial charge in [-0.05, 0) is 35.8 Å². The van der Waals surface area contributed by atoms with Gasteiger partial charge in [-0.3, -0.25) is 4.79 Å². The van der Waals surface area contributed by atoms with E-state index in [1.54, 1.807) is 13.3 Å². The van der Waals surface area contributed by atoms with Crippen LogP contribution in [0.25, 0.3) is 5.57 Å². The van der Waals surface area contributed by atoms with Gasteiger partial charge in [0.2, 0.25) is 0 Å². The second kappa shape index (κ2) is 7.59. The second-order valence-corrected chi connectivity index (χ2v) is 6.25. The number of carbonyl (C=O) groups is 1. The number of anilines is 1. The Balaban J connectivity index is 1.94. The molecule has 1 amide bonds. The lowest BCUT2D eigenvalue weighted by Crippen LogP contribution is -2.35. The van der Waals surface area contributed by atoms with Crippen LogP contribution in [0.5, 0.6) is 17.2 Å². The summed E-state index contributed by atoms with van der Waals surface area (Å²) in [7, 11) is 3.00. The van der Waals surface area contributed by atoms with Crippen LogP contribution in [0.15, 0.2) is 42.6 Å². The fourth-order valence-electron chi connectivity index (χ4n) is 3.12. The number of benzene rings is 2. The Bertz CT molecular complexity index is 877. The largest absolute Gasteiger partial charge is 0.504 e. The maximum absolute atomic E-state index is 13.0. The van der Waals surface area contributed by atoms with Crippen molar-refractivity contribution in [3.63, 3.8) is 0 Å². The Morgan fingerprint density at radius 2 is 1.93 bits per heavy atom. The number of carbonyl (C=O) groups excluding carboxylic acids is 1. The third kappa shape index (κ3) is 3.54. The summed E-state index contributed by atoms with van der Waals surface area (Å²) >= 11 is 0. The van der Waals surface area contributed by atoms with Gasteiger partial charge < -0.3 is 30.3 Å². The maximum Gasteiger partial charge on any atom is 0.260 e. The molecule has 2 aromatic rings. The molecule has 0 bridgehead atoms. The normalized spacial score (nSPS) is 16.2. The third-order valence-corrected chi connectivity index (χ3v) is 4.63. The number of nitrogens with two attached hydrogens (primary N) is 1. The molecule has 3 rings (SSSR count). The fourth-order valence-corrected chi connectivity index (χ4v) is 3.12. The molecule has 0 radical (unpaired) electrons. The smallest absolute Gasteiger partial charge is 0.260 e. The number of hydrogen-bond acceptors (Lipinski definition) is 6. The van der Waals surface area contributed by atoms with Crippen molar-refractivity contribution in [2.24, 2.45) is 0 Å². The number of phenolic OH excluding ortho intramolecular Hbond substituents is 1. The van der Waals surface area contributed by atoms with Gasteiger partial charge in [-0.25, -0.2) is 0 Å². The van der Waals surface area contributed by atoms with Gasteiger partial charge in [0.15, 0.2) is 11.5 Å². The van der Waals surface area contributed by atoms with E-state index in [-0.39, 0.29) is 35.3 Å². The molecule has 0 saturated carbocycles. The lowest BCUT2D eigenvalue weighted by molar-refractivity contribution is 0.0733. The highest BCUT2D eigenvalue weighted by molar-refractivity contribution is 6.01. The van der Waals surface area contributed by atoms with E-state index < -0.39 is 6.04 Å². The Labute approximate surface area is 157 Å². The van der Waals surface area contributed by atoms with Crippen LogP contribution in [-0.2, 0) is 0 Å². The van der Waals surface area contributed by atoms with Crippen LogP contribution in [-0.4, -0.2) is 47.9 Å². The second-order valence-electron chi connectivity index (χ2n) is 6.25. The minimum absolute atomic E-state index is 0.138. The molecule has 0 aliphatic carbocycles. The minimum atomic E-state index is -0.395. The molecular weight excluding hydrogens is 348 g/mol. The topological polar surface area (TPSA) is 105 Å². The summed E-state index contributed by atoms with van der Waals surface area (Å²) in [6.07, 6.45) is 2.24. The van der Waals surface area contributed by atoms with Crippen molar-refractivity contribution < 1.29 is 24.5 Å². The zero-order valence-electron chi connectivity index (χ0n) is 15.2. The lowest BCUT2D eigenvalue weighted by atomic mass is 10.0. The van der Waals surface area contributed by atoms with Crippen LogP contribution in [0, 0.1) is 0 Å². The molecule has 4 N–H and O–H groups in total. The van der Waals surface area contributed by atoms with E-state index in [1.807, 2.05) is 24.3 Å². The molecule has 1 aliphatic heterocycles. The summed E-state index contributed by atoms with van der Waals surface area (Å²) < 4.78 is 10.2. The number of methoxy groups -OCH3 is 2. The highest BCUT2D eigenvalue weighted by Gasteiger charge is 2.31. The van der Waals surface area contributed by atoms with Crippen molar-refractivity contribution in [1.29, 1.82) is 0 Å². The van der Waals surface area contributed by atoms with Crippen LogP contribution in [0.3, 0.4) is 0 Å². The van der Waals surface area contributed by atoms with Crippen LogP contribution < -0.4 is 15.2 Å². The summed E-state index contributed by atoms with van der Waals surface area (Å²) in [4.78, 5) is 14.5. The summed E-state index contributed by atoms with van der Waals surface area (Å²) in [5.74, 6) is 0.397. The van der Waals surface area contributed by atoms with Gasteiger partial charge in [-0.2, -0.15) is 0 Å². The van der Waals surface area contributed by atoms with E-state index in [4.69, 9.17) is 15.2 Å². The molecular formula is C20H22N2O5. The Morgan fingerprint density at radius 3 is 2.52 bits per heavy atom. The number of phenols is 1. The molecule has 2 aromatic carbocycles. The Kier molecular flexibility index (Phi) is 5.23. The van der Waals surface area contributed by atoms with Crippen LogP contribution >= 0.6 is 0 Å². The van der Waals surface area contributed by atoms with Crippen molar-refractivity contribution in [3.05, 3.63) is 53.7 Å². The van der Waals surface area contributed by atoms with Crippen molar-refractivity contribution in [2.75, 3.05) is 26.6 Å². The van der Waals surface area contributed by atoms with Crippen LogP contribution in [0.2, 0.25) is 0 Å². The quantitative estimate of drug-likeness (QED) is 0.697. The number of aliphatic hydroxyl groups is 1. The number of aromatic hydroxyl groups is 1. The average molecular weight is 370 g/mol. The molecule has 0 aromatic heterocycles. The SMILES string of the molecule is COc1ccc(C2=CN(C(=O)c3cc(OC)c(O)cc3N)C(CO)C2)cc1. The Morgan fingerprint density at radius 1 is 1.22 bits per heavy atom. The number of ether oxygens (including phenoxy) is 2. The molecule has 1 aliphatic rings. The first kappa shape index (κ1) is 18.6. The predicted molar refractivity (Wildman–Crippen MR) is 102 cm³/mol. The van der Waals surface area contributed by atoms with Gasteiger partial charge in [-0.15, -0.1) is 0 Å². The van der Waals surface area contributed by atoms with E-state index in [0.717, 1.165) is 16.9 Å². The highest BCUT2D eigenvalue weighted by Crippen LogP contribution is 2.35. The molecule has 7 nitrogen and oxygen atoms in total. The lowest BCUT2D eigenvalue weighted by Gasteiger charge is -2.22. The summed E-state index contributed by atoms with van der Waals surface area (Å²) in [5, 5.41) is 19.6. The molecule has 0 spiro atoms. The van der Waals surface area contributed by atoms with E-state index in [2.05, 4.69) is 0 Å². The van der Waals surface area contributed by atoms with Crippen molar-refractivity contribution >= 4 is 17.2 Å². The van der Waals surface area contributed by atoms with Gasteiger partial charge >= 0.3 is 0 Å². The minimum Gasteiger partial charge on any atom is -0.504 e. The number of nitrogen functional groups attached to an aromatic ring is 1. The van der Waals surface area contributed by atoms with Gasteiger partial charge in [0.25, 0.3) is 5.91 Å². The van der Waals surface area contributed by atoms with Crippen LogP contribution in [0.1, 0.15) is 22.3 Å². The van der Waals surface area contributed by atoms with Crippen molar-refractivity contribution in [3.8, 4) is 17.2 Å². The predicted octanol–water partition coefficient (Wildman–Crippen LogP) is 2.24. The van der Waals surface area contributed by atoms with Gasteiger partial charge in [0.05, 0.1) is 32.4 Å². The van der Waals surface area contributed by atoms with Gasteiger partial charge in [-0.1, -0.05) is 12.1 Å². The van der Waals surface area contributed by atoms with Gasteiger partial charge in [0.1, 0.15) is 5.75 Å². The molecule has 142 valence electrons. The molecule has 0 saturated heterocycles. The van der Waals surface area contributed by atoms with Gasteiger partial charge in [0, 0.05) is 18.0 Å². The van der Waals surface area contributed by atoms with E-state index in [1.165, 1.54) is 24.1 Å². The standard InChI is InChI=1S/C20H22N2O5/c1-26-15-5-3-12(4-6-15)13-7-14(11-23)22(10-13)20(25)16-8-19(27-2)18(24)9-17(16)21/h3-6,8-10,14,23-24H,7,11,21H2,1-2H3. The first-order valence-corrected chi connectivity index (χ1v) is 8.43. The van der Waals surface area contributed by atoms with E-state index in [9.17, 15) is 15.0 Å². The van der Waals surface area contributed by atoms with Crippen molar-refractivity contribution in [2.45, 2.75) is 12.5 Å². The Hall–Kier alpha value is -3.19. The first-order chi connectivity index (χ1) is 13.0. The maximum atomic E-state index is 13.0. The number of hydrogen-bond donors (Lipinski definition) is 3. The summed E-state index contributed by atoms with van der Waals surface area (Å²) in [6, 6.07) is 9.80. The van der Waals surface area contributed by atoms with Crippen LogP contribution in [0.4, 0.5) is 5.69 Å². The highest BCUT2D eigenvalue weighted by atomic mass is 16.5. The number of nitrogens with zero attached hydrogens (tertiary/aromatic N) is 1. The fraction of sp³-hybridized carbons (Fsp3) is 0.250. The van der Waals surface area contributed by atoms with Crippen molar-refractivity contribution in [1.82, 2.24) is 4.90 Å². The third-order valence-electron chi connectivity index (χ3n) is 4.63. The number of rotatable bonds is 5. The number of aliphatic hydroxyl groups excluding tert-OH is 1. The number of amides is 1. The molecule has 1 heterocycles. The molecule has 0 fully saturated rings. The molecule has 1 atom stereocenters. The first-order valence-electron chi connectivity index (χ1n) is 8.43. The van der Waals surface area contributed by atoms with E-state index >= 15 is 0 Å². The molecule has 27 heavy (non-hydrogen) atoms. The summed E-state index contributed by atoms with van der Waals surface area (Å²) in [5.41, 5.74) is 8.13. The van der Waals surface area contributed by atoms with E-state index in [0.29, 0.717) is 6.42 Å². The molecule has 1 unspecified atom stereocenters.